The van der Waals surface area contributed by atoms with Gasteiger partial charge in [-0.15, -0.1) is 0 Å². The van der Waals surface area contributed by atoms with E-state index in [1.807, 2.05) is 13.8 Å². The van der Waals surface area contributed by atoms with Gasteiger partial charge in [-0.2, -0.15) is 0 Å². The zero-order valence-electron chi connectivity index (χ0n) is 17.0. The normalized spacial score (nSPS) is 12.3. The number of benzene rings is 1. The molecule has 1 aromatic carbocycles. The summed E-state index contributed by atoms with van der Waals surface area (Å²) in [6, 6.07) is 4.37. The Morgan fingerprint density at radius 3 is 2.21 bits per heavy atom. The van der Waals surface area contributed by atoms with Crippen molar-refractivity contribution >= 4 is 22.7 Å². The summed E-state index contributed by atoms with van der Waals surface area (Å²) in [7, 11) is 2.89. The molecule has 0 saturated carbocycles. The van der Waals surface area contributed by atoms with Crippen LogP contribution < -0.4 is 15.1 Å². The maximum absolute atomic E-state index is 12.9. The van der Waals surface area contributed by atoms with Crippen molar-refractivity contribution in [3.05, 3.63) is 34.2 Å². The fourth-order valence-corrected chi connectivity index (χ4v) is 2.86. The van der Waals surface area contributed by atoms with Crippen LogP contribution in [0.4, 0.5) is 0 Å². The van der Waals surface area contributed by atoms with Gasteiger partial charge in [0.25, 0.3) is 0 Å². The van der Waals surface area contributed by atoms with E-state index in [1.54, 1.807) is 19.9 Å². The van der Waals surface area contributed by atoms with Crippen LogP contribution in [0.3, 0.4) is 0 Å². The lowest BCUT2D eigenvalue weighted by Gasteiger charge is -2.23. The van der Waals surface area contributed by atoms with E-state index >= 15 is 0 Å². The fraction of sp³-hybridized carbons (Fsp3) is 0.476. The molecule has 2 rings (SSSR count). The van der Waals surface area contributed by atoms with Gasteiger partial charge in [0.05, 0.1) is 25.2 Å². The first-order valence-corrected chi connectivity index (χ1v) is 9.11. The first-order valence-electron chi connectivity index (χ1n) is 9.11. The van der Waals surface area contributed by atoms with Gasteiger partial charge in [-0.1, -0.05) is 27.7 Å². The minimum atomic E-state index is -1.26. The van der Waals surface area contributed by atoms with E-state index in [0.29, 0.717) is 11.1 Å². The highest BCUT2D eigenvalue weighted by Crippen LogP contribution is 2.41. The monoisotopic (exact) mass is 390 g/mol. The van der Waals surface area contributed by atoms with Gasteiger partial charge in [-0.05, 0) is 12.0 Å². The maximum Gasteiger partial charge on any atom is 0.336 e. The van der Waals surface area contributed by atoms with Crippen molar-refractivity contribution in [3.63, 3.8) is 0 Å². The topological polar surface area (TPSA) is 92.0 Å². The van der Waals surface area contributed by atoms with Gasteiger partial charge in [0.1, 0.15) is 11.5 Å². The fourth-order valence-electron chi connectivity index (χ4n) is 2.86. The van der Waals surface area contributed by atoms with Crippen LogP contribution in [0.2, 0.25) is 0 Å². The van der Waals surface area contributed by atoms with Gasteiger partial charge in [-0.3, -0.25) is 9.59 Å². The average Bonchev–Trinajstić information content (AvgIpc) is 2.63. The third-order valence-electron chi connectivity index (χ3n) is 4.22. The van der Waals surface area contributed by atoms with Crippen LogP contribution in [0.15, 0.2) is 27.4 Å². The average molecular weight is 390 g/mol. The molecule has 7 heteroatoms. The van der Waals surface area contributed by atoms with E-state index in [-0.39, 0.29) is 35.0 Å². The molecule has 0 N–H and O–H groups in total. The molecule has 0 spiro atoms. The maximum atomic E-state index is 12.9. The van der Waals surface area contributed by atoms with Crippen molar-refractivity contribution < 1.29 is 28.2 Å². The molecule has 7 nitrogen and oxygen atoms in total. The molecule has 0 fully saturated rings. The highest BCUT2D eigenvalue weighted by atomic mass is 16.5. The highest BCUT2D eigenvalue weighted by molar-refractivity contribution is 5.96. The first kappa shape index (κ1) is 21.5. The predicted molar refractivity (Wildman–Crippen MR) is 104 cm³/mol. The van der Waals surface area contributed by atoms with E-state index in [1.165, 1.54) is 26.4 Å². The van der Waals surface area contributed by atoms with E-state index < -0.39 is 23.6 Å². The summed E-state index contributed by atoms with van der Waals surface area (Å²) in [6.45, 7) is 7.17. The second-order valence-corrected chi connectivity index (χ2v) is 7.22. The second-order valence-electron chi connectivity index (χ2n) is 7.22. The molecule has 1 unspecified atom stereocenters. The zero-order valence-corrected chi connectivity index (χ0v) is 17.0. The van der Waals surface area contributed by atoms with E-state index in [9.17, 15) is 14.4 Å². The van der Waals surface area contributed by atoms with Gasteiger partial charge in [-0.25, -0.2) is 4.79 Å². The van der Waals surface area contributed by atoms with E-state index in [2.05, 4.69) is 0 Å². The van der Waals surface area contributed by atoms with Crippen molar-refractivity contribution in [2.24, 2.45) is 11.8 Å². The number of esters is 1. The number of ketones is 1. The Balaban J connectivity index is 2.76. The molecule has 1 atom stereocenters. The Kier molecular flexibility index (Phi) is 6.83. The van der Waals surface area contributed by atoms with Crippen molar-refractivity contribution in [2.45, 2.75) is 40.2 Å². The van der Waals surface area contributed by atoms with Crippen LogP contribution in [-0.2, 0) is 14.3 Å². The number of fused-ring (bicyclic) bond motifs is 1. The van der Waals surface area contributed by atoms with Gasteiger partial charge in [0.2, 0.25) is 0 Å². The van der Waals surface area contributed by atoms with Gasteiger partial charge in [0.15, 0.2) is 17.5 Å². The summed E-state index contributed by atoms with van der Waals surface area (Å²) in [5.41, 5.74) is -0.305. The third kappa shape index (κ3) is 4.52. The van der Waals surface area contributed by atoms with Crippen LogP contribution in [0.25, 0.3) is 11.0 Å². The minimum absolute atomic E-state index is 0.0646. The summed E-state index contributed by atoms with van der Waals surface area (Å²) in [6.07, 6.45) is -1.11. The first-order chi connectivity index (χ1) is 13.2. The third-order valence-corrected chi connectivity index (χ3v) is 4.22. The van der Waals surface area contributed by atoms with Crippen molar-refractivity contribution in [3.8, 4) is 11.5 Å². The zero-order chi connectivity index (χ0) is 21.0. The standard InChI is InChI=1S/C21H26O7/c1-11(2)9-17(23)28-21(19(24)12(3)4)18-15(26-6)10-14(25-5)13-7-8-16(22)27-20(13)18/h7-8,10-12,21H,9H2,1-6H3. The Bertz CT molecular complexity index is 924. The summed E-state index contributed by atoms with van der Waals surface area (Å²) < 4.78 is 21.7. The molecule has 0 aliphatic carbocycles. The SMILES string of the molecule is COc1cc(OC)c2ccc(=O)oc2c1C(OC(=O)CC(C)C)C(=O)C(C)C. The summed E-state index contributed by atoms with van der Waals surface area (Å²) in [4.78, 5) is 37.2. The Hall–Kier alpha value is -2.83. The molecule has 1 aromatic heterocycles. The van der Waals surface area contributed by atoms with Crippen molar-refractivity contribution in [1.82, 2.24) is 0 Å². The minimum Gasteiger partial charge on any atom is -0.496 e. The summed E-state index contributed by atoms with van der Waals surface area (Å²) in [5, 5.41) is 0.472. The number of carbonyl (C=O) groups excluding carboxylic acids is 2. The van der Waals surface area contributed by atoms with Crippen LogP contribution >= 0.6 is 0 Å². The molecular formula is C21H26O7. The summed E-state index contributed by atoms with van der Waals surface area (Å²) >= 11 is 0. The Labute approximate surface area is 163 Å². The quantitative estimate of drug-likeness (QED) is 0.501. The molecule has 0 amide bonds. The predicted octanol–water partition coefficient (Wildman–Crippen LogP) is 3.67. The smallest absolute Gasteiger partial charge is 0.336 e. The van der Waals surface area contributed by atoms with Gasteiger partial charge in [0, 0.05) is 24.5 Å². The Morgan fingerprint density at radius 1 is 1.04 bits per heavy atom. The van der Waals surface area contributed by atoms with Gasteiger partial charge >= 0.3 is 11.6 Å². The number of rotatable bonds is 8. The van der Waals surface area contributed by atoms with E-state index in [4.69, 9.17) is 18.6 Å². The van der Waals surface area contributed by atoms with Crippen LogP contribution in [0.5, 0.6) is 11.5 Å². The molecule has 152 valence electrons. The van der Waals surface area contributed by atoms with Crippen molar-refractivity contribution in [1.29, 1.82) is 0 Å². The highest BCUT2D eigenvalue weighted by Gasteiger charge is 2.33. The lowest BCUT2D eigenvalue weighted by molar-refractivity contribution is -0.157. The largest absolute Gasteiger partial charge is 0.496 e. The number of methoxy groups -OCH3 is 2. The molecule has 28 heavy (non-hydrogen) atoms. The second kappa shape index (κ2) is 8.91. The van der Waals surface area contributed by atoms with Crippen LogP contribution in [-0.4, -0.2) is 26.0 Å². The number of ether oxygens (including phenoxy) is 3. The van der Waals surface area contributed by atoms with Crippen LogP contribution in [0, 0.1) is 11.8 Å². The number of hydrogen-bond donors (Lipinski definition) is 0. The molecule has 2 aromatic rings. The van der Waals surface area contributed by atoms with Gasteiger partial charge < -0.3 is 18.6 Å². The molecular weight excluding hydrogens is 364 g/mol. The van der Waals surface area contributed by atoms with Crippen LogP contribution in [0.1, 0.15) is 45.8 Å². The number of Topliss-reactive ketones (excluding diaryl/α,β-unsaturated/α-hetero) is 1. The summed E-state index contributed by atoms with van der Waals surface area (Å²) in [5.74, 6) is -0.561. The molecule has 0 bridgehead atoms. The Morgan fingerprint density at radius 2 is 1.68 bits per heavy atom. The molecule has 0 saturated heterocycles. The molecule has 0 aliphatic rings. The number of hydrogen-bond acceptors (Lipinski definition) is 7. The van der Waals surface area contributed by atoms with E-state index in [0.717, 1.165) is 0 Å². The molecule has 1 heterocycles. The van der Waals surface area contributed by atoms with Crippen molar-refractivity contribution in [2.75, 3.05) is 14.2 Å². The molecule has 0 aliphatic heterocycles. The number of carbonyl (C=O) groups is 2. The lowest BCUT2D eigenvalue weighted by atomic mass is 9.95. The molecule has 0 radical (unpaired) electrons. The lowest BCUT2D eigenvalue weighted by Crippen LogP contribution is -2.25.